The van der Waals surface area contributed by atoms with E-state index in [2.05, 4.69) is 29.2 Å². The largest absolute Gasteiger partial charge is 0.378 e. The fourth-order valence-electron chi connectivity index (χ4n) is 2.11. The number of hydrazine groups is 1. The van der Waals surface area contributed by atoms with E-state index in [0.717, 1.165) is 32.0 Å². The zero-order valence-electron chi connectivity index (χ0n) is 11.3. The number of amides is 1. The number of morpholine rings is 1. The number of pyridine rings is 1. The van der Waals surface area contributed by atoms with E-state index >= 15 is 0 Å². The molecule has 1 aromatic heterocycles. The van der Waals surface area contributed by atoms with Crippen LogP contribution in [0.2, 0.25) is 0 Å². The van der Waals surface area contributed by atoms with Gasteiger partial charge >= 0.3 is 0 Å². The Bertz CT molecular complexity index is 444. The summed E-state index contributed by atoms with van der Waals surface area (Å²) in [6.45, 7) is 7.42. The lowest BCUT2D eigenvalue weighted by Crippen LogP contribution is -2.52. The van der Waals surface area contributed by atoms with Gasteiger partial charge in [0.2, 0.25) is 0 Å². The molecule has 19 heavy (non-hydrogen) atoms. The summed E-state index contributed by atoms with van der Waals surface area (Å²) in [6, 6.07) is 3.59. The predicted octanol–water partition coefficient (Wildman–Crippen LogP) is 0.296. The maximum Gasteiger partial charge on any atom is 0.266 e. The highest BCUT2D eigenvalue weighted by molar-refractivity contribution is 5.93. The van der Waals surface area contributed by atoms with Gasteiger partial charge < -0.3 is 4.74 Å². The Kier molecular flexibility index (Phi) is 4.14. The maximum atomic E-state index is 11.3. The van der Waals surface area contributed by atoms with Gasteiger partial charge in [0, 0.05) is 24.8 Å². The number of nitrogen functional groups attached to an aromatic ring is 1. The van der Waals surface area contributed by atoms with Crippen molar-refractivity contribution in [3.8, 4) is 0 Å². The molecule has 6 heteroatoms. The minimum atomic E-state index is -0.328. The first kappa shape index (κ1) is 13.9. The van der Waals surface area contributed by atoms with Crippen molar-refractivity contribution in [3.63, 3.8) is 0 Å². The van der Waals surface area contributed by atoms with Crippen LogP contribution in [0.3, 0.4) is 0 Å². The van der Waals surface area contributed by atoms with E-state index < -0.39 is 0 Å². The van der Waals surface area contributed by atoms with Crippen LogP contribution in [0.5, 0.6) is 0 Å². The Balaban J connectivity index is 2.05. The van der Waals surface area contributed by atoms with E-state index in [1.165, 1.54) is 0 Å². The number of ether oxygens (including phenoxy) is 1. The van der Waals surface area contributed by atoms with E-state index in [9.17, 15) is 4.79 Å². The highest BCUT2D eigenvalue weighted by Gasteiger charge is 2.30. The van der Waals surface area contributed by atoms with Crippen LogP contribution in [-0.2, 0) is 11.3 Å². The highest BCUT2D eigenvalue weighted by atomic mass is 16.5. The van der Waals surface area contributed by atoms with Gasteiger partial charge in [-0.2, -0.15) is 0 Å². The first-order chi connectivity index (χ1) is 9.03. The standard InChI is InChI=1S/C13H20N4O2/c1-13(2)9-19-6-5-17(13)8-11-4-3-10(7-15-11)12(18)16-14/h3-4,7H,5-6,8-9,14H2,1-2H3,(H,16,18). The number of rotatable bonds is 3. The Morgan fingerprint density at radius 1 is 1.58 bits per heavy atom. The van der Waals surface area contributed by atoms with Gasteiger partial charge in [-0.3, -0.25) is 20.1 Å². The van der Waals surface area contributed by atoms with E-state index in [0.29, 0.717) is 5.56 Å². The van der Waals surface area contributed by atoms with Crippen LogP contribution in [-0.4, -0.2) is 41.1 Å². The SMILES string of the molecule is CC1(C)COCCN1Cc1ccc(C(=O)NN)cn1. The fourth-order valence-corrected chi connectivity index (χ4v) is 2.11. The average Bonchev–Trinajstić information content (AvgIpc) is 2.41. The average molecular weight is 264 g/mol. The zero-order valence-corrected chi connectivity index (χ0v) is 11.3. The summed E-state index contributed by atoms with van der Waals surface area (Å²) >= 11 is 0. The summed E-state index contributed by atoms with van der Waals surface area (Å²) in [5, 5.41) is 0. The third-order valence-electron chi connectivity index (χ3n) is 3.39. The van der Waals surface area contributed by atoms with Gasteiger partial charge in [0.05, 0.1) is 24.5 Å². The molecule has 1 saturated heterocycles. The monoisotopic (exact) mass is 264 g/mol. The molecular weight excluding hydrogens is 244 g/mol. The van der Waals surface area contributed by atoms with Crippen molar-refractivity contribution in [1.82, 2.24) is 15.3 Å². The number of aromatic nitrogens is 1. The number of nitrogens with one attached hydrogen (secondary N) is 1. The highest BCUT2D eigenvalue weighted by Crippen LogP contribution is 2.20. The number of nitrogens with zero attached hydrogens (tertiary/aromatic N) is 2. The third-order valence-corrected chi connectivity index (χ3v) is 3.39. The van der Waals surface area contributed by atoms with Crippen LogP contribution >= 0.6 is 0 Å². The molecule has 0 unspecified atom stereocenters. The van der Waals surface area contributed by atoms with Gasteiger partial charge in [0.15, 0.2) is 0 Å². The van der Waals surface area contributed by atoms with Crippen LogP contribution < -0.4 is 11.3 Å². The number of carbonyl (C=O) groups excluding carboxylic acids is 1. The predicted molar refractivity (Wildman–Crippen MR) is 71.2 cm³/mol. The minimum Gasteiger partial charge on any atom is -0.378 e. The molecule has 2 rings (SSSR count). The Morgan fingerprint density at radius 2 is 2.37 bits per heavy atom. The molecule has 1 fully saturated rings. The molecule has 1 aromatic rings. The van der Waals surface area contributed by atoms with Crippen molar-refractivity contribution in [2.24, 2.45) is 5.84 Å². The summed E-state index contributed by atoms with van der Waals surface area (Å²) < 4.78 is 5.49. The summed E-state index contributed by atoms with van der Waals surface area (Å²) in [7, 11) is 0. The zero-order chi connectivity index (χ0) is 13.9. The molecule has 0 radical (unpaired) electrons. The van der Waals surface area contributed by atoms with Crippen molar-refractivity contribution in [1.29, 1.82) is 0 Å². The van der Waals surface area contributed by atoms with E-state index in [1.807, 2.05) is 6.07 Å². The molecule has 0 atom stereocenters. The van der Waals surface area contributed by atoms with Crippen LogP contribution in [0.1, 0.15) is 29.9 Å². The molecule has 3 N–H and O–H groups in total. The minimum absolute atomic E-state index is 0.00718. The lowest BCUT2D eigenvalue weighted by molar-refractivity contribution is -0.0557. The molecule has 0 aromatic carbocycles. The van der Waals surface area contributed by atoms with Crippen molar-refractivity contribution in [2.75, 3.05) is 19.8 Å². The second kappa shape index (κ2) is 5.64. The van der Waals surface area contributed by atoms with Gasteiger partial charge in [-0.05, 0) is 26.0 Å². The molecule has 1 aliphatic heterocycles. The normalized spacial score (nSPS) is 19.1. The van der Waals surface area contributed by atoms with Crippen LogP contribution in [0.15, 0.2) is 18.3 Å². The van der Waals surface area contributed by atoms with E-state index in [4.69, 9.17) is 10.6 Å². The lowest BCUT2D eigenvalue weighted by atomic mass is 10.0. The van der Waals surface area contributed by atoms with E-state index in [1.54, 1.807) is 12.3 Å². The molecule has 1 amide bonds. The number of carbonyl (C=O) groups is 1. The number of nitrogens with two attached hydrogens (primary N) is 1. The van der Waals surface area contributed by atoms with Gasteiger partial charge in [0.1, 0.15) is 0 Å². The van der Waals surface area contributed by atoms with Gasteiger partial charge in [-0.15, -0.1) is 0 Å². The molecule has 0 aliphatic carbocycles. The summed E-state index contributed by atoms with van der Waals surface area (Å²) in [5.74, 6) is 4.75. The van der Waals surface area contributed by atoms with Crippen LogP contribution in [0.4, 0.5) is 0 Å². The topological polar surface area (TPSA) is 80.5 Å². The first-order valence-corrected chi connectivity index (χ1v) is 6.31. The summed E-state index contributed by atoms with van der Waals surface area (Å²) in [5.41, 5.74) is 3.50. The molecule has 2 heterocycles. The molecule has 0 bridgehead atoms. The molecule has 1 aliphatic rings. The van der Waals surface area contributed by atoms with Gasteiger partial charge in [0.25, 0.3) is 5.91 Å². The quantitative estimate of drug-likeness (QED) is 0.466. The molecule has 104 valence electrons. The van der Waals surface area contributed by atoms with Crippen molar-refractivity contribution in [3.05, 3.63) is 29.6 Å². The first-order valence-electron chi connectivity index (χ1n) is 6.31. The maximum absolute atomic E-state index is 11.3. The Morgan fingerprint density at radius 3 is 2.95 bits per heavy atom. The van der Waals surface area contributed by atoms with Crippen molar-refractivity contribution in [2.45, 2.75) is 25.9 Å². The van der Waals surface area contributed by atoms with E-state index in [-0.39, 0.29) is 11.4 Å². The second-order valence-electron chi connectivity index (χ2n) is 5.30. The smallest absolute Gasteiger partial charge is 0.266 e. The van der Waals surface area contributed by atoms with Crippen molar-refractivity contribution >= 4 is 5.91 Å². The lowest BCUT2D eigenvalue weighted by Gasteiger charge is -2.41. The summed E-state index contributed by atoms with van der Waals surface area (Å²) in [6.07, 6.45) is 1.55. The van der Waals surface area contributed by atoms with Crippen LogP contribution in [0, 0.1) is 0 Å². The molecule has 6 nitrogen and oxygen atoms in total. The number of hydrogen-bond acceptors (Lipinski definition) is 5. The van der Waals surface area contributed by atoms with Gasteiger partial charge in [-0.1, -0.05) is 0 Å². The second-order valence-corrected chi connectivity index (χ2v) is 5.30. The fraction of sp³-hybridized carbons (Fsp3) is 0.538. The summed E-state index contributed by atoms with van der Waals surface area (Å²) in [4.78, 5) is 18.0. The van der Waals surface area contributed by atoms with Crippen LogP contribution in [0.25, 0.3) is 0 Å². The van der Waals surface area contributed by atoms with Crippen molar-refractivity contribution < 1.29 is 9.53 Å². The molecule has 0 saturated carbocycles. The third kappa shape index (κ3) is 3.28. The number of hydrogen-bond donors (Lipinski definition) is 2. The molecule has 0 spiro atoms. The van der Waals surface area contributed by atoms with Gasteiger partial charge in [-0.25, -0.2) is 5.84 Å². The Hall–Kier alpha value is -1.50. The molecular formula is C13H20N4O2. The Labute approximate surface area is 112 Å².